The molecule has 0 N–H and O–H groups in total. The molecule has 0 radical (unpaired) electrons. The van der Waals surface area contributed by atoms with Crippen LogP contribution in [0.15, 0.2) is 12.1 Å². The van der Waals surface area contributed by atoms with Crippen LogP contribution in [0.25, 0.3) is 0 Å². The van der Waals surface area contributed by atoms with Gasteiger partial charge in [-0.25, -0.2) is 0 Å². The fraction of sp³-hybridized carbons (Fsp3) is 0.455. The summed E-state index contributed by atoms with van der Waals surface area (Å²) in [5.41, 5.74) is -4.87. The Morgan fingerprint density at radius 2 is 1.45 bits per heavy atom. The summed E-state index contributed by atoms with van der Waals surface area (Å²) < 4.78 is 104. The Kier molecular flexibility index (Phi) is 4.50. The van der Waals surface area contributed by atoms with Crippen molar-refractivity contribution in [3.05, 3.63) is 28.8 Å². The summed E-state index contributed by atoms with van der Waals surface area (Å²) in [7, 11) is 0. The molecular weight excluding hydrogens is 300 g/mol. The van der Waals surface area contributed by atoms with Crippen molar-refractivity contribution in [2.75, 3.05) is 0 Å². The topological polar surface area (TPSA) is 9.23 Å². The molecule has 0 aliphatic rings. The average Bonchev–Trinajstić information content (AvgIpc) is 2.24. The van der Waals surface area contributed by atoms with Crippen molar-refractivity contribution in [3.63, 3.8) is 0 Å². The summed E-state index contributed by atoms with van der Waals surface area (Å²) in [4.78, 5) is 0. The van der Waals surface area contributed by atoms with Gasteiger partial charge in [0.15, 0.2) is 0 Å². The van der Waals surface area contributed by atoms with Crippen molar-refractivity contribution in [3.8, 4) is 5.75 Å². The molecule has 0 unspecified atom stereocenters. The van der Waals surface area contributed by atoms with Gasteiger partial charge in [0.2, 0.25) is 0 Å². The molecule has 0 bridgehead atoms. The lowest BCUT2D eigenvalue weighted by atomic mass is 9.97. The molecule has 0 saturated carbocycles. The van der Waals surface area contributed by atoms with Crippen molar-refractivity contribution >= 4 is 0 Å². The highest BCUT2D eigenvalue weighted by Crippen LogP contribution is 2.46. The number of hydrogen-bond donors (Lipinski definition) is 0. The standard InChI is InChI=1S/C11H8F8O/c1-2-5-3-4-6(20-9(12)13)8(11(17,18)19)7(5)10(14,15)16/h3-4,9H,2H2,1H3. The van der Waals surface area contributed by atoms with Crippen molar-refractivity contribution in [1.82, 2.24) is 0 Å². The average molecular weight is 308 g/mol. The summed E-state index contributed by atoms with van der Waals surface area (Å²) in [6.07, 6.45) is -11.1. The van der Waals surface area contributed by atoms with Crippen LogP contribution in [0.1, 0.15) is 23.6 Å². The summed E-state index contributed by atoms with van der Waals surface area (Å²) in [6.45, 7) is -2.44. The minimum absolute atomic E-state index is 0.340. The SMILES string of the molecule is CCc1ccc(OC(F)F)c(C(F)(F)F)c1C(F)(F)F. The van der Waals surface area contributed by atoms with Crippen molar-refractivity contribution in [2.45, 2.75) is 32.3 Å². The van der Waals surface area contributed by atoms with E-state index in [9.17, 15) is 35.1 Å². The van der Waals surface area contributed by atoms with Gasteiger partial charge in [-0.3, -0.25) is 0 Å². The molecule has 1 rings (SSSR count). The smallest absolute Gasteiger partial charge is 0.420 e. The highest BCUT2D eigenvalue weighted by Gasteiger charge is 2.47. The third-order valence-electron chi connectivity index (χ3n) is 2.42. The van der Waals surface area contributed by atoms with Gasteiger partial charge in [-0.1, -0.05) is 13.0 Å². The predicted molar refractivity (Wildman–Crippen MR) is 52.5 cm³/mol. The molecule has 0 fully saturated rings. The predicted octanol–water partition coefficient (Wildman–Crippen LogP) is 4.89. The summed E-state index contributed by atoms with van der Waals surface area (Å²) in [6, 6.07) is 1.15. The number of benzene rings is 1. The highest BCUT2D eigenvalue weighted by atomic mass is 19.4. The van der Waals surface area contributed by atoms with Gasteiger partial charge in [0.05, 0.1) is 5.56 Å². The number of rotatable bonds is 3. The maximum absolute atomic E-state index is 12.8. The molecule has 1 aromatic carbocycles. The first-order valence-corrected chi connectivity index (χ1v) is 5.23. The number of ether oxygens (including phenoxy) is 1. The third kappa shape index (κ3) is 3.51. The first-order valence-electron chi connectivity index (χ1n) is 5.23. The summed E-state index contributed by atoms with van der Waals surface area (Å²) >= 11 is 0. The van der Waals surface area contributed by atoms with Crippen LogP contribution in [0, 0.1) is 0 Å². The zero-order valence-corrected chi connectivity index (χ0v) is 9.87. The van der Waals surface area contributed by atoms with E-state index in [0.29, 0.717) is 12.1 Å². The van der Waals surface area contributed by atoms with Gasteiger partial charge >= 0.3 is 19.0 Å². The Morgan fingerprint density at radius 3 is 1.80 bits per heavy atom. The Balaban J connectivity index is 3.67. The molecular formula is C11H8F8O. The van der Waals surface area contributed by atoms with Gasteiger partial charge in [-0.05, 0) is 18.1 Å². The molecule has 0 atom stereocenters. The maximum Gasteiger partial charge on any atom is 0.420 e. The van der Waals surface area contributed by atoms with E-state index in [0.717, 1.165) is 0 Å². The van der Waals surface area contributed by atoms with E-state index in [4.69, 9.17) is 0 Å². The Bertz CT molecular complexity index is 475. The van der Waals surface area contributed by atoms with E-state index < -0.39 is 41.4 Å². The van der Waals surface area contributed by atoms with E-state index in [1.54, 1.807) is 0 Å². The summed E-state index contributed by atoms with van der Waals surface area (Å²) in [5, 5.41) is 0. The van der Waals surface area contributed by atoms with Gasteiger partial charge in [0, 0.05) is 0 Å². The van der Waals surface area contributed by atoms with E-state index in [1.807, 2.05) is 0 Å². The lowest BCUT2D eigenvalue weighted by molar-refractivity contribution is -0.165. The number of alkyl halides is 8. The number of aryl methyl sites for hydroxylation is 1. The van der Waals surface area contributed by atoms with E-state index in [1.165, 1.54) is 6.92 Å². The lowest BCUT2D eigenvalue weighted by Gasteiger charge is -2.21. The quantitative estimate of drug-likeness (QED) is 0.723. The monoisotopic (exact) mass is 308 g/mol. The maximum atomic E-state index is 12.8. The Hall–Kier alpha value is -1.54. The van der Waals surface area contributed by atoms with E-state index >= 15 is 0 Å². The zero-order valence-electron chi connectivity index (χ0n) is 9.87. The molecule has 20 heavy (non-hydrogen) atoms. The lowest BCUT2D eigenvalue weighted by Crippen LogP contribution is -2.21. The fourth-order valence-electron chi connectivity index (χ4n) is 1.72. The molecule has 0 amide bonds. The van der Waals surface area contributed by atoms with Crippen molar-refractivity contribution in [1.29, 1.82) is 0 Å². The summed E-state index contributed by atoms with van der Waals surface area (Å²) in [5.74, 6) is -1.54. The molecule has 1 aromatic rings. The van der Waals surface area contributed by atoms with Crippen LogP contribution in [0.4, 0.5) is 35.1 Å². The number of hydrogen-bond acceptors (Lipinski definition) is 1. The minimum atomic E-state index is -5.47. The normalized spacial score (nSPS) is 12.9. The van der Waals surface area contributed by atoms with Crippen LogP contribution in [0.2, 0.25) is 0 Å². The van der Waals surface area contributed by atoms with Crippen LogP contribution in [-0.4, -0.2) is 6.61 Å². The molecule has 0 aromatic heterocycles. The van der Waals surface area contributed by atoms with Crippen LogP contribution in [-0.2, 0) is 18.8 Å². The molecule has 0 spiro atoms. The van der Waals surface area contributed by atoms with Crippen molar-refractivity contribution in [2.24, 2.45) is 0 Å². The van der Waals surface area contributed by atoms with Gasteiger partial charge in [-0.2, -0.15) is 35.1 Å². The first-order chi connectivity index (χ1) is 8.98. The van der Waals surface area contributed by atoms with Crippen LogP contribution < -0.4 is 4.74 Å². The van der Waals surface area contributed by atoms with E-state index in [2.05, 4.69) is 4.74 Å². The minimum Gasteiger partial charge on any atom is -0.434 e. The molecule has 114 valence electrons. The highest BCUT2D eigenvalue weighted by molar-refractivity contribution is 5.48. The second-order valence-electron chi connectivity index (χ2n) is 3.70. The Morgan fingerprint density at radius 1 is 0.950 bits per heavy atom. The van der Waals surface area contributed by atoms with Gasteiger partial charge in [-0.15, -0.1) is 0 Å². The van der Waals surface area contributed by atoms with Crippen LogP contribution >= 0.6 is 0 Å². The Labute approximate surface area is 108 Å². The second-order valence-corrected chi connectivity index (χ2v) is 3.70. The largest absolute Gasteiger partial charge is 0.434 e. The van der Waals surface area contributed by atoms with Gasteiger partial charge in [0.25, 0.3) is 0 Å². The van der Waals surface area contributed by atoms with E-state index in [-0.39, 0.29) is 6.42 Å². The van der Waals surface area contributed by atoms with Gasteiger partial charge < -0.3 is 4.74 Å². The molecule has 0 saturated heterocycles. The molecule has 0 aliphatic carbocycles. The van der Waals surface area contributed by atoms with Crippen molar-refractivity contribution < 1.29 is 39.9 Å². The zero-order chi connectivity index (χ0) is 15.7. The van der Waals surface area contributed by atoms with Gasteiger partial charge in [0.1, 0.15) is 11.3 Å². The third-order valence-corrected chi connectivity index (χ3v) is 2.42. The fourth-order valence-corrected chi connectivity index (χ4v) is 1.72. The molecule has 0 heterocycles. The molecule has 9 heteroatoms. The molecule has 0 aliphatic heterocycles. The number of halogens is 8. The molecule has 1 nitrogen and oxygen atoms in total. The van der Waals surface area contributed by atoms with Crippen LogP contribution in [0.3, 0.4) is 0 Å². The van der Waals surface area contributed by atoms with Crippen LogP contribution in [0.5, 0.6) is 5.75 Å². The second kappa shape index (κ2) is 5.45. The first kappa shape index (κ1) is 16.5.